The lowest BCUT2D eigenvalue weighted by Gasteiger charge is -2.46. The van der Waals surface area contributed by atoms with Crippen LogP contribution in [0.3, 0.4) is 0 Å². The summed E-state index contributed by atoms with van der Waals surface area (Å²) in [5.41, 5.74) is 7.09. The SMILES string of the molecule is CC/C=C\C(F)C=C/C(=C/F)C1=NN(C(C)=O)[C@@]2(S1)c1cc(F)ccc1NC[C@@H]2CCN. The first-order chi connectivity index (χ1) is 15.4. The molecule has 3 atom stereocenters. The Morgan fingerprint density at radius 3 is 2.91 bits per heavy atom. The van der Waals surface area contributed by atoms with E-state index in [4.69, 9.17) is 5.73 Å². The van der Waals surface area contributed by atoms with Gasteiger partial charge < -0.3 is 11.1 Å². The summed E-state index contributed by atoms with van der Waals surface area (Å²) in [6, 6.07) is 4.32. The van der Waals surface area contributed by atoms with E-state index >= 15 is 0 Å². The smallest absolute Gasteiger partial charge is 0.241 e. The maximum atomic E-state index is 14.3. The zero-order chi connectivity index (χ0) is 23.3. The number of allylic oxidation sites excluding steroid dienone is 4. The number of fused-ring (bicyclic) bond motifs is 2. The molecule has 0 aromatic heterocycles. The average molecular weight is 465 g/mol. The zero-order valence-electron chi connectivity index (χ0n) is 18.0. The minimum absolute atomic E-state index is 0.0358. The summed E-state index contributed by atoms with van der Waals surface area (Å²) in [6.07, 6.45) is 5.75. The number of carbonyl (C=O) groups excluding carboxylic acids is 1. The lowest BCUT2D eigenvalue weighted by molar-refractivity contribution is -0.133. The fraction of sp³-hybridized carbons (Fsp3) is 0.391. The largest absolute Gasteiger partial charge is 0.384 e. The van der Waals surface area contributed by atoms with Crippen molar-refractivity contribution in [2.24, 2.45) is 16.8 Å². The number of hydrogen-bond acceptors (Lipinski definition) is 5. The Bertz CT molecular complexity index is 978. The number of carbonyl (C=O) groups is 1. The van der Waals surface area contributed by atoms with Gasteiger partial charge in [0.2, 0.25) is 5.91 Å². The van der Waals surface area contributed by atoms with E-state index in [1.54, 1.807) is 12.1 Å². The van der Waals surface area contributed by atoms with Crippen molar-refractivity contribution in [1.82, 2.24) is 5.01 Å². The topological polar surface area (TPSA) is 70.7 Å². The summed E-state index contributed by atoms with van der Waals surface area (Å²) in [7, 11) is 0. The highest BCUT2D eigenvalue weighted by Gasteiger charge is 2.55. The molecule has 9 heteroatoms. The third kappa shape index (κ3) is 4.63. The summed E-state index contributed by atoms with van der Waals surface area (Å²) in [5.74, 6) is -1.05. The Hall–Kier alpha value is -2.52. The molecule has 1 unspecified atom stereocenters. The van der Waals surface area contributed by atoms with Gasteiger partial charge in [0.05, 0.1) is 6.33 Å². The van der Waals surface area contributed by atoms with Gasteiger partial charge in [0.15, 0.2) is 0 Å². The number of alkyl halides is 1. The molecule has 2 heterocycles. The van der Waals surface area contributed by atoms with E-state index < -0.39 is 16.9 Å². The summed E-state index contributed by atoms with van der Waals surface area (Å²) in [6.45, 7) is 4.07. The van der Waals surface area contributed by atoms with Gasteiger partial charge in [-0.3, -0.25) is 4.79 Å². The molecule has 2 aliphatic rings. The van der Waals surface area contributed by atoms with E-state index in [0.717, 1.165) is 11.8 Å². The van der Waals surface area contributed by atoms with E-state index in [-0.39, 0.29) is 22.4 Å². The van der Waals surface area contributed by atoms with Gasteiger partial charge in [0, 0.05) is 36.2 Å². The molecule has 1 aromatic carbocycles. The van der Waals surface area contributed by atoms with Crippen LogP contribution >= 0.6 is 11.8 Å². The highest BCUT2D eigenvalue weighted by atomic mass is 32.2. The second kappa shape index (κ2) is 10.4. The molecule has 32 heavy (non-hydrogen) atoms. The predicted octanol–water partition coefficient (Wildman–Crippen LogP) is 4.99. The summed E-state index contributed by atoms with van der Waals surface area (Å²) < 4.78 is 42.2. The highest BCUT2D eigenvalue weighted by Crippen LogP contribution is 2.56. The van der Waals surface area contributed by atoms with Crippen molar-refractivity contribution >= 4 is 28.4 Å². The van der Waals surface area contributed by atoms with Crippen LogP contribution in [0.15, 0.2) is 59.5 Å². The lowest BCUT2D eigenvalue weighted by atomic mass is 9.84. The van der Waals surface area contributed by atoms with Crippen LogP contribution in [-0.2, 0) is 9.67 Å². The van der Waals surface area contributed by atoms with Crippen molar-refractivity contribution in [3.05, 3.63) is 65.8 Å². The van der Waals surface area contributed by atoms with Crippen LogP contribution in [0.25, 0.3) is 0 Å². The van der Waals surface area contributed by atoms with Crippen LogP contribution in [0, 0.1) is 11.7 Å². The number of nitrogens with one attached hydrogen (secondary N) is 1. The van der Waals surface area contributed by atoms with Crippen LogP contribution in [0.1, 0.15) is 32.3 Å². The van der Waals surface area contributed by atoms with Crippen LogP contribution in [0.4, 0.5) is 18.9 Å². The Morgan fingerprint density at radius 2 is 2.25 bits per heavy atom. The second-order valence-corrected chi connectivity index (χ2v) is 8.80. The Morgan fingerprint density at radius 1 is 1.47 bits per heavy atom. The Kier molecular flexibility index (Phi) is 7.84. The van der Waals surface area contributed by atoms with Gasteiger partial charge in [0.25, 0.3) is 0 Å². The zero-order valence-corrected chi connectivity index (χ0v) is 18.8. The van der Waals surface area contributed by atoms with Gasteiger partial charge >= 0.3 is 0 Å². The average Bonchev–Trinajstić information content (AvgIpc) is 3.16. The third-order valence-corrected chi connectivity index (χ3v) is 6.96. The minimum atomic E-state index is -1.38. The molecule has 1 amide bonds. The molecule has 172 valence electrons. The number of anilines is 1. The molecule has 1 aromatic rings. The Balaban J connectivity index is 2.06. The normalized spacial score (nSPS) is 24.2. The van der Waals surface area contributed by atoms with Gasteiger partial charge in [-0.1, -0.05) is 36.9 Å². The van der Waals surface area contributed by atoms with E-state index in [0.29, 0.717) is 43.5 Å². The van der Waals surface area contributed by atoms with Crippen molar-refractivity contribution in [3.8, 4) is 0 Å². The summed E-state index contributed by atoms with van der Waals surface area (Å²) in [5, 5.41) is 9.18. The molecule has 1 spiro atoms. The number of halogens is 3. The molecule has 5 nitrogen and oxygen atoms in total. The van der Waals surface area contributed by atoms with Crippen LogP contribution < -0.4 is 11.1 Å². The van der Waals surface area contributed by atoms with E-state index in [9.17, 15) is 18.0 Å². The van der Waals surface area contributed by atoms with Crippen molar-refractivity contribution in [1.29, 1.82) is 0 Å². The molecule has 2 aliphatic heterocycles. The number of rotatable bonds is 7. The molecule has 0 saturated carbocycles. The lowest BCUT2D eigenvalue weighted by Crippen LogP contribution is -2.51. The maximum absolute atomic E-state index is 14.3. The standard InChI is InChI=1S/C23H27F3N4OS/c1-3-4-5-18(25)7-6-16(13-24)22-29-30(15(2)31)23(32-22)17(10-11-27)14-28-21-9-8-19(26)12-20(21)23/h4-9,12-13,17-18,28H,3,10-11,14,27H2,1-2H3/b5-4-,7-6?,16-13-/t17-,18?,23-/m0/s1. The maximum Gasteiger partial charge on any atom is 0.241 e. The molecular formula is C23H27F3N4OS. The fourth-order valence-electron chi connectivity index (χ4n) is 3.96. The van der Waals surface area contributed by atoms with Crippen molar-refractivity contribution in [3.63, 3.8) is 0 Å². The van der Waals surface area contributed by atoms with Crippen molar-refractivity contribution in [2.45, 2.75) is 37.7 Å². The van der Waals surface area contributed by atoms with Crippen molar-refractivity contribution in [2.75, 3.05) is 18.4 Å². The van der Waals surface area contributed by atoms with Gasteiger partial charge in [-0.15, -0.1) is 0 Å². The monoisotopic (exact) mass is 464 g/mol. The second-order valence-electron chi connectivity index (χ2n) is 7.58. The van der Waals surface area contributed by atoms with Crippen LogP contribution in [-0.4, -0.2) is 35.2 Å². The first-order valence-corrected chi connectivity index (χ1v) is 11.3. The van der Waals surface area contributed by atoms with E-state index in [2.05, 4.69) is 10.4 Å². The number of nitrogens with zero attached hydrogens (tertiary/aromatic N) is 2. The van der Waals surface area contributed by atoms with E-state index in [1.807, 2.05) is 6.92 Å². The molecule has 0 radical (unpaired) electrons. The molecule has 0 aliphatic carbocycles. The summed E-state index contributed by atoms with van der Waals surface area (Å²) in [4.78, 5) is 11.6. The first kappa shape index (κ1) is 24.1. The highest BCUT2D eigenvalue weighted by molar-refractivity contribution is 8.15. The molecule has 3 rings (SSSR count). The first-order valence-electron chi connectivity index (χ1n) is 10.5. The molecule has 3 N–H and O–H groups in total. The number of thioether (sulfide) groups is 1. The van der Waals surface area contributed by atoms with Gasteiger partial charge in [-0.05, 0) is 43.7 Å². The van der Waals surface area contributed by atoms with Crippen molar-refractivity contribution < 1.29 is 18.0 Å². The van der Waals surface area contributed by atoms with Gasteiger partial charge in [-0.25, -0.2) is 18.2 Å². The molecule has 0 fully saturated rings. The number of amides is 1. The fourth-order valence-corrected chi connectivity index (χ4v) is 5.51. The number of hydrazone groups is 1. The Labute approximate surface area is 190 Å². The van der Waals surface area contributed by atoms with Crippen LogP contribution in [0.2, 0.25) is 0 Å². The number of hydrogen-bond donors (Lipinski definition) is 2. The summed E-state index contributed by atoms with van der Waals surface area (Å²) >= 11 is 1.16. The minimum Gasteiger partial charge on any atom is -0.384 e. The van der Waals surface area contributed by atoms with Gasteiger partial charge in [-0.2, -0.15) is 5.10 Å². The molecular weight excluding hydrogens is 437 g/mol. The predicted molar refractivity (Wildman–Crippen MR) is 124 cm³/mol. The van der Waals surface area contributed by atoms with Crippen LogP contribution in [0.5, 0.6) is 0 Å². The van der Waals surface area contributed by atoms with E-state index in [1.165, 1.54) is 42.3 Å². The molecule has 0 bridgehead atoms. The number of benzene rings is 1. The third-order valence-electron chi connectivity index (χ3n) is 5.41. The quantitative estimate of drug-likeness (QED) is 0.441. The number of nitrogens with two attached hydrogens (primary N) is 1. The van der Waals surface area contributed by atoms with Gasteiger partial charge in [0.1, 0.15) is 21.9 Å². The molecule has 0 saturated heterocycles.